The Morgan fingerprint density at radius 3 is 2.66 bits per heavy atom. The maximum Gasteiger partial charge on any atom is 0.277 e. The third kappa shape index (κ3) is 4.59. The standard InChI is InChI=1S/C21H21FN4O2S/c1-15-5-4-6-16(13-15)20-23-24-21(28-20)29-14-19(27)26-11-9-25(10-12-26)18-8-3-2-7-17(18)22/h2-8,13H,9-12,14H2,1H3. The minimum absolute atomic E-state index is 0.0125. The van der Waals surface area contributed by atoms with Crippen LogP contribution >= 0.6 is 11.8 Å². The van der Waals surface area contributed by atoms with Crippen molar-refractivity contribution >= 4 is 23.4 Å². The number of aryl methyl sites for hydroxylation is 1. The van der Waals surface area contributed by atoms with Crippen LogP contribution in [0, 0.1) is 12.7 Å². The van der Waals surface area contributed by atoms with E-state index in [4.69, 9.17) is 4.42 Å². The van der Waals surface area contributed by atoms with Crippen LogP contribution in [0.5, 0.6) is 0 Å². The Kier molecular flexibility index (Phi) is 5.80. The van der Waals surface area contributed by atoms with Crippen LogP contribution in [0.4, 0.5) is 10.1 Å². The van der Waals surface area contributed by atoms with Gasteiger partial charge in [0.05, 0.1) is 11.4 Å². The number of para-hydroxylation sites is 1. The van der Waals surface area contributed by atoms with Crippen molar-refractivity contribution in [1.29, 1.82) is 0 Å². The van der Waals surface area contributed by atoms with Crippen LogP contribution in [0.3, 0.4) is 0 Å². The smallest absolute Gasteiger partial charge is 0.277 e. The predicted octanol–water partition coefficient (Wildman–Crippen LogP) is 3.63. The summed E-state index contributed by atoms with van der Waals surface area (Å²) in [6.07, 6.45) is 0. The van der Waals surface area contributed by atoms with Gasteiger partial charge in [0.2, 0.25) is 11.8 Å². The number of benzene rings is 2. The molecule has 1 aromatic heterocycles. The average molecular weight is 412 g/mol. The third-order valence-electron chi connectivity index (χ3n) is 4.82. The van der Waals surface area contributed by atoms with Gasteiger partial charge in [0.1, 0.15) is 5.82 Å². The minimum Gasteiger partial charge on any atom is -0.411 e. The molecule has 0 atom stereocenters. The van der Waals surface area contributed by atoms with Gasteiger partial charge < -0.3 is 14.2 Å². The maximum atomic E-state index is 13.9. The van der Waals surface area contributed by atoms with Crippen molar-refractivity contribution in [3.63, 3.8) is 0 Å². The number of thioether (sulfide) groups is 1. The largest absolute Gasteiger partial charge is 0.411 e. The van der Waals surface area contributed by atoms with Gasteiger partial charge in [-0.1, -0.05) is 41.6 Å². The van der Waals surface area contributed by atoms with Gasteiger partial charge in [-0.05, 0) is 31.2 Å². The second-order valence-corrected chi connectivity index (χ2v) is 7.78. The summed E-state index contributed by atoms with van der Waals surface area (Å²) < 4.78 is 19.6. The van der Waals surface area contributed by atoms with Crippen molar-refractivity contribution in [2.24, 2.45) is 0 Å². The summed E-state index contributed by atoms with van der Waals surface area (Å²) in [5.41, 5.74) is 2.56. The molecule has 0 N–H and O–H groups in total. The Labute approximate surface area is 172 Å². The summed E-state index contributed by atoms with van der Waals surface area (Å²) in [5, 5.41) is 8.47. The second kappa shape index (κ2) is 8.65. The molecular weight excluding hydrogens is 391 g/mol. The minimum atomic E-state index is -0.233. The van der Waals surface area contributed by atoms with Crippen LogP contribution in [-0.2, 0) is 4.79 Å². The lowest BCUT2D eigenvalue weighted by atomic mass is 10.1. The fourth-order valence-electron chi connectivity index (χ4n) is 3.28. The van der Waals surface area contributed by atoms with Crippen LogP contribution in [0.2, 0.25) is 0 Å². The zero-order valence-electron chi connectivity index (χ0n) is 16.0. The molecule has 1 amide bonds. The fraction of sp³-hybridized carbons (Fsp3) is 0.286. The lowest BCUT2D eigenvalue weighted by Crippen LogP contribution is -2.49. The van der Waals surface area contributed by atoms with Crippen molar-refractivity contribution in [2.75, 3.05) is 36.8 Å². The van der Waals surface area contributed by atoms with Gasteiger partial charge in [-0.2, -0.15) is 0 Å². The van der Waals surface area contributed by atoms with E-state index in [0.717, 1.165) is 11.1 Å². The Bertz CT molecular complexity index is 1000. The highest BCUT2D eigenvalue weighted by atomic mass is 32.2. The van der Waals surface area contributed by atoms with E-state index in [1.54, 1.807) is 17.0 Å². The molecule has 0 radical (unpaired) electrons. The summed E-state index contributed by atoms with van der Waals surface area (Å²) in [5.74, 6) is 0.457. The number of anilines is 1. The molecule has 1 aliphatic heterocycles. The summed E-state index contributed by atoms with van der Waals surface area (Å²) in [4.78, 5) is 16.3. The van der Waals surface area contributed by atoms with E-state index < -0.39 is 0 Å². The summed E-state index contributed by atoms with van der Waals surface area (Å²) in [6, 6.07) is 14.5. The molecule has 0 aliphatic carbocycles. The van der Waals surface area contributed by atoms with Crippen LogP contribution in [0.1, 0.15) is 5.56 Å². The zero-order chi connectivity index (χ0) is 20.2. The molecule has 0 bridgehead atoms. The maximum absolute atomic E-state index is 13.9. The van der Waals surface area contributed by atoms with Gasteiger partial charge in [0.25, 0.3) is 5.22 Å². The number of amides is 1. The molecule has 0 unspecified atom stereocenters. The molecule has 150 valence electrons. The van der Waals surface area contributed by atoms with Crippen LogP contribution < -0.4 is 4.90 Å². The van der Waals surface area contributed by atoms with E-state index >= 15 is 0 Å². The summed E-state index contributed by atoms with van der Waals surface area (Å²) >= 11 is 1.24. The van der Waals surface area contributed by atoms with Gasteiger partial charge in [-0.3, -0.25) is 4.79 Å². The first-order valence-corrected chi connectivity index (χ1v) is 10.4. The molecule has 6 nitrogen and oxygen atoms in total. The van der Waals surface area contributed by atoms with E-state index in [-0.39, 0.29) is 17.5 Å². The monoisotopic (exact) mass is 412 g/mol. The van der Waals surface area contributed by atoms with E-state index in [0.29, 0.717) is 43.0 Å². The third-order valence-corrected chi connectivity index (χ3v) is 5.62. The molecule has 8 heteroatoms. The first kappa shape index (κ1) is 19.4. The number of halogens is 1. The molecule has 1 fully saturated rings. The number of aromatic nitrogens is 2. The van der Waals surface area contributed by atoms with Crippen molar-refractivity contribution < 1.29 is 13.6 Å². The zero-order valence-corrected chi connectivity index (χ0v) is 16.9. The molecule has 3 aromatic rings. The molecule has 2 aromatic carbocycles. The number of piperazine rings is 1. The highest BCUT2D eigenvalue weighted by molar-refractivity contribution is 7.99. The van der Waals surface area contributed by atoms with Gasteiger partial charge in [-0.15, -0.1) is 10.2 Å². The van der Waals surface area contributed by atoms with Crippen LogP contribution in [0.15, 0.2) is 58.2 Å². The van der Waals surface area contributed by atoms with Gasteiger partial charge >= 0.3 is 0 Å². The summed E-state index contributed by atoms with van der Waals surface area (Å²) in [7, 11) is 0. The lowest BCUT2D eigenvalue weighted by molar-refractivity contribution is -0.128. The number of hydrogen-bond acceptors (Lipinski definition) is 6. The Balaban J connectivity index is 1.29. The number of rotatable bonds is 5. The van der Waals surface area contributed by atoms with Crippen molar-refractivity contribution in [1.82, 2.24) is 15.1 Å². The molecule has 1 saturated heterocycles. The molecule has 2 heterocycles. The van der Waals surface area contributed by atoms with E-state index in [1.807, 2.05) is 42.2 Å². The van der Waals surface area contributed by atoms with Gasteiger partial charge in [0.15, 0.2) is 0 Å². The van der Waals surface area contributed by atoms with E-state index in [1.165, 1.54) is 17.8 Å². The van der Waals surface area contributed by atoms with Gasteiger partial charge in [-0.25, -0.2) is 4.39 Å². The summed E-state index contributed by atoms with van der Waals surface area (Å²) in [6.45, 7) is 4.34. The van der Waals surface area contributed by atoms with Gasteiger partial charge in [0, 0.05) is 31.7 Å². The Morgan fingerprint density at radius 1 is 1.10 bits per heavy atom. The second-order valence-electron chi connectivity index (χ2n) is 6.85. The number of hydrogen-bond donors (Lipinski definition) is 0. The van der Waals surface area contributed by atoms with E-state index in [2.05, 4.69) is 10.2 Å². The highest BCUT2D eigenvalue weighted by Gasteiger charge is 2.23. The topological polar surface area (TPSA) is 62.5 Å². The van der Waals surface area contributed by atoms with Crippen molar-refractivity contribution in [2.45, 2.75) is 12.1 Å². The first-order chi connectivity index (χ1) is 14.1. The SMILES string of the molecule is Cc1cccc(-c2nnc(SCC(=O)N3CCN(c4ccccc4F)CC3)o2)c1. The molecule has 4 rings (SSSR count). The number of carbonyl (C=O) groups excluding carboxylic acids is 1. The fourth-order valence-corrected chi connectivity index (χ4v) is 3.95. The molecule has 0 spiro atoms. The quantitative estimate of drug-likeness (QED) is 0.597. The van der Waals surface area contributed by atoms with Crippen molar-refractivity contribution in [3.05, 3.63) is 59.9 Å². The Morgan fingerprint density at radius 2 is 1.90 bits per heavy atom. The molecule has 0 saturated carbocycles. The van der Waals surface area contributed by atoms with Crippen LogP contribution in [0.25, 0.3) is 11.5 Å². The average Bonchev–Trinajstić information content (AvgIpc) is 3.22. The normalized spacial score (nSPS) is 14.3. The molecular formula is C21H21FN4O2S. The van der Waals surface area contributed by atoms with Crippen LogP contribution in [-0.4, -0.2) is 52.9 Å². The predicted molar refractivity (Wildman–Crippen MR) is 110 cm³/mol. The first-order valence-electron chi connectivity index (χ1n) is 9.41. The van der Waals surface area contributed by atoms with E-state index in [9.17, 15) is 9.18 Å². The highest BCUT2D eigenvalue weighted by Crippen LogP contribution is 2.25. The number of carbonyl (C=O) groups is 1. The molecule has 1 aliphatic rings. The van der Waals surface area contributed by atoms with Crippen molar-refractivity contribution in [3.8, 4) is 11.5 Å². The molecule has 29 heavy (non-hydrogen) atoms. The lowest BCUT2D eigenvalue weighted by Gasteiger charge is -2.36. The Hall–Kier alpha value is -2.87. The number of nitrogens with zero attached hydrogens (tertiary/aromatic N) is 4.